The van der Waals surface area contributed by atoms with E-state index in [1.807, 2.05) is 42.7 Å². The minimum atomic E-state index is -0.745. The van der Waals surface area contributed by atoms with Gasteiger partial charge in [-0.15, -0.1) is 11.8 Å². The lowest BCUT2D eigenvalue weighted by Crippen LogP contribution is -2.40. The molecule has 1 unspecified atom stereocenters. The molecule has 2 aromatic rings. The number of amides is 2. The van der Waals surface area contributed by atoms with E-state index in [2.05, 4.69) is 6.07 Å². The molecule has 29 heavy (non-hydrogen) atoms. The fraction of sp³-hybridized carbons (Fsp3) is 0.391. The Bertz CT molecular complexity index is 917. The van der Waals surface area contributed by atoms with Gasteiger partial charge in [0.2, 0.25) is 5.91 Å². The van der Waals surface area contributed by atoms with Crippen LogP contribution < -0.4 is 0 Å². The Kier molecular flexibility index (Phi) is 5.92. The Morgan fingerprint density at radius 3 is 2.62 bits per heavy atom. The van der Waals surface area contributed by atoms with Crippen LogP contribution in [-0.4, -0.2) is 65.3 Å². The third-order valence-electron chi connectivity index (χ3n) is 5.85. The van der Waals surface area contributed by atoms with Crippen LogP contribution in [-0.2, 0) is 11.2 Å². The van der Waals surface area contributed by atoms with Gasteiger partial charge in [-0.25, -0.2) is 0 Å². The van der Waals surface area contributed by atoms with E-state index >= 15 is 0 Å². The average Bonchev–Trinajstić information content (AvgIpc) is 3.08. The summed E-state index contributed by atoms with van der Waals surface area (Å²) in [5.74, 6) is -0.174. The third kappa shape index (κ3) is 4.19. The molecule has 6 heteroatoms. The highest BCUT2D eigenvalue weighted by Crippen LogP contribution is 2.34. The zero-order valence-electron chi connectivity index (χ0n) is 16.6. The number of benzene rings is 2. The van der Waals surface area contributed by atoms with E-state index in [0.29, 0.717) is 18.7 Å². The molecule has 0 bridgehead atoms. The Balaban J connectivity index is 1.47. The van der Waals surface area contributed by atoms with Gasteiger partial charge in [0.15, 0.2) is 0 Å². The van der Waals surface area contributed by atoms with Crippen molar-refractivity contribution < 1.29 is 14.7 Å². The van der Waals surface area contributed by atoms with Gasteiger partial charge in [-0.05, 0) is 48.4 Å². The minimum absolute atomic E-state index is 0.0627. The maximum absolute atomic E-state index is 13.2. The first-order chi connectivity index (χ1) is 14.1. The number of hydrogen-bond donors (Lipinski definition) is 1. The molecule has 1 N–H and O–H groups in total. The Morgan fingerprint density at radius 2 is 1.79 bits per heavy atom. The monoisotopic (exact) mass is 410 g/mol. The number of aliphatic hydroxyl groups is 1. The van der Waals surface area contributed by atoms with Crippen LogP contribution in [0.3, 0.4) is 0 Å². The number of carbonyl (C=O) groups is 2. The summed E-state index contributed by atoms with van der Waals surface area (Å²) in [5, 5.41) is 10.5. The molecule has 0 saturated carbocycles. The molecule has 1 aliphatic carbocycles. The maximum Gasteiger partial charge on any atom is 0.254 e. The van der Waals surface area contributed by atoms with Crippen molar-refractivity contribution in [3.05, 3.63) is 65.2 Å². The molecule has 152 valence electrons. The van der Waals surface area contributed by atoms with Crippen LogP contribution in [0.1, 0.15) is 33.8 Å². The van der Waals surface area contributed by atoms with Gasteiger partial charge >= 0.3 is 0 Å². The molecule has 1 fully saturated rings. The molecule has 2 amide bonds. The van der Waals surface area contributed by atoms with Crippen molar-refractivity contribution in [3.8, 4) is 0 Å². The van der Waals surface area contributed by atoms with Crippen molar-refractivity contribution in [2.45, 2.75) is 29.8 Å². The number of fused-ring (bicyclic) bond motifs is 1. The summed E-state index contributed by atoms with van der Waals surface area (Å²) in [4.78, 5) is 30.6. The van der Waals surface area contributed by atoms with Crippen LogP contribution in [0.15, 0.2) is 53.4 Å². The van der Waals surface area contributed by atoms with Crippen LogP contribution in [0.2, 0.25) is 0 Å². The van der Waals surface area contributed by atoms with Crippen molar-refractivity contribution in [3.63, 3.8) is 0 Å². The Labute approximate surface area is 175 Å². The second kappa shape index (κ2) is 8.59. The molecule has 5 nitrogen and oxygen atoms in total. The number of aliphatic hydroxyl groups excluding tert-OH is 1. The van der Waals surface area contributed by atoms with Crippen LogP contribution in [0.5, 0.6) is 0 Å². The van der Waals surface area contributed by atoms with Crippen LogP contribution >= 0.6 is 11.8 Å². The summed E-state index contributed by atoms with van der Waals surface area (Å²) in [6.45, 7) is 1.39. The SMILES string of the molecule is CSc1cccc(C(=O)N2CCN(C(=O)[C@H]3CCc4ccccc43)CC(O)C2)c1. The molecule has 2 atom stereocenters. The van der Waals surface area contributed by atoms with Gasteiger partial charge in [0.05, 0.1) is 12.0 Å². The van der Waals surface area contributed by atoms with E-state index in [1.54, 1.807) is 27.6 Å². The summed E-state index contributed by atoms with van der Waals surface area (Å²) in [6.07, 6.45) is 2.96. The first-order valence-corrected chi connectivity index (χ1v) is 11.3. The number of hydrogen-bond acceptors (Lipinski definition) is 4. The summed E-state index contributed by atoms with van der Waals surface area (Å²) in [6, 6.07) is 15.6. The number of carbonyl (C=O) groups excluding carboxylic acids is 2. The summed E-state index contributed by atoms with van der Waals surface area (Å²) in [7, 11) is 0. The molecular formula is C23H26N2O3S. The van der Waals surface area contributed by atoms with Gasteiger partial charge in [0.1, 0.15) is 0 Å². The van der Waals surface area contributed by atoms with Crippen LogP contribution in [0.25, 0.3) is 0 Å². The average molecular weight is 411 g/mol. The highest BCUT2D eigenvalue weighted by molar-refractivity contribution is 7.98. The van der Waals surface area contributed by atoms with Crippen molar-refractivity contribution in [2.75, 3.05) is 32.4 Å². The number of nitrogens with zero attached hydrogens (tertiary/aromatic N) is 2. The second-order valence-electron chi connectivity index (χ2n) is 7.71. The lowest BCUT2D eigenvalue weighted by atomic mass is 9.99. The molecule has 0 spiro atoms. The van der Waals surface area contributed by atoms with Gasteiger partial charge in [0, 0.05) is 36.6 Å². The summed E-state index contributed by atoms with van der Waals surface area (Å²) in [5.41, 5.74) is 2.97. The lowest BCUT2D eigenvalue weighted by molar-refractivity contribution is -0.133. The number of β-amino-alcohol motifs (C(OH)–C–C–N with tert-alkyl or cyclic N) is 1. The predicted molar refractivity (Wildman–Crippen MR) is 114 cm³/mol. The Morgan fingerprint density at radius 1 is 1.03 bits per heavy atom. The molecule has 0 aromatic heterocycles. The maximum atomic E-state index is 13.2. The first-order valence-electron chi connectivity index (χ1n) is 10.0. The Hall–Kier alpha value is -2.31. The van der Waals surface area contributed by atoms with Gasteiger partial charge in [-0.3, -0.25) is 9.59 Å². The molecule has 1 aliphatic heterocycles. The van der Waals surface area contributed by atoms with E-state index in [4.69, 9.17) is 0 Å². The largest absolute Gasteiger partial charge is 0.389 e. The molecule has 0 radical (unpaired) electrons. The zero-order chi connectivity index (χ0) is 20.4. The van der Waals surface area contributed by atoms with Gasteiger partial charge < -0.3 is 14.9 Å². The standard InChI is InChI=1S/C23H26N2O3S/c1-29-19-7-4-6-17(13-19)22(27)24-11-12-25(15-18(26)14-24)23(28)21-10-9-16-5-2-3-8-20(16)21/h2-8,13,18,21,26H,9-12,14-15H2,1H3/t18?,21-/m0/s1. The third-order valence-corrected chi connectivity index (χ3v) is 6.57. The minimum Gasteiger partial charge on any atom is -0.389 e. The van der Waals surface area contributed by atoms with Crippen LogP contribution in [0.4, 0.5) is 0 Å². The molecule has 2 aromatic carbocycles. The van der Waals surface area contributed by atoms with Crippen molar-refractivity contribution >= 4 is 23.6 Å². The summed E-state index contributed by atoms with van der Waals surface area (Å²) >= 11 is 1.59. The second-order valence-corrected chi connectivity index (χ2v) is 8.59. The van der Waals surface area contributed by atoms with Crippen LogP contribution in [0, 0.1) is 0 Å². The van der Waals surface area contributed by atoms with Crippen molar-refractivity contribution in [1.82, 2.24) is 9.80 Å². The van der Waals surface area contributed by atoms with Crippen molar-refractivity contribution in [2.24, 2.45) is 0 Å². The van der Waals surface area contributed by atoms with E-state index in [-0.39, 0.29) is 30.8 Å². The normalized spacial score (nSPS) is 21.6. The zero-order valence-corrected chi connectivity index (χ0v) is 17.4. The van der Waals surface area contributed by atoms with E-state index in [1.165, 1.54) is 5.56 Å². The number of aryl methyl sites for hydroxylation is 1. The van der Waals surface area contributed by atoms with E-state index in [9.17, 15) is 14.7 Å². The highest BCUT2D eigenvalue weighted by Gasteiger charge is 2.34. The van der Waals surface area contributed by atoms with Gasteiger partial charge in [0.25, 0.3) is 5.91 Å². The molecule has 2 aliphatic rings. The first kappa shape index (κ1) is 20.0. The molecular weight excluding hydrogens is 384 g/mol. The number of thioether (sulfide) groups is 1. The van der Waals surface area contributed by atoms with Gasteiger partial charge in [-0.1, -0.05) is 30.3 Å². The van der Waals surface area contributed by atoms with Crippen molar-refractivity contribution in [1.29, 1.82) is 0 Å². The molecule has 1 saturated heterocycles. The topological polar surface area (TPSA) is 60.9 Å². The van der Waals surface area contributed by atoms with E-state index < -0.39 is 6.10 Å². The quantitative estimate of drug-likeness (QED) is 0.791. The fourth-order valence-electron chi connectivity index (χ4n) is 4.35. The predicted octanol–water partition coefficient (Wildman–Crippen LogP) is 2.78. The fourth-order valence-corrected chi connectivity index (χ4v) is 4.81. The lowest BCUT2D eigenvalue weighted by Gasteiger charge is -2.25. The number of rotatable bonds is 3. The summed E-state index contributed by atoms with van der Waals surface area (Å²) < 4.78 is 0. The highest BCUT2D eigenvalue weighted by atomic mass is 32.2. The smallest absolute Gasteiger partial charge is 0.254 e. The molecule has 4 rings (SSSR count). The molecule has 1 heterocycles. The van der Waals surface area contributed by atoms with E-state index in [0.717, 1.165) is 23.3 Å². The van der Waals surface area contributed by atoms with Gasteiger partial charge in [-0.2, -0.15) is 0 Å².